The number of hydrogen-bond acceptors (Lipinski definition) is 2. The van der Waals surface area contributed by atoms with E-state index in [2.05, 4.69) is 0 Å². The number of nitrogens with zero attached hydrogens (tertiary/aromatic N) is 4. The Balaban J connectivity index is 1.16. The number of hydrogen-bond donors (Lipinski definition) is 0. The predicted molar refractivity (Wildman–Crippen MR) is 129 cm³/mol. The van der Waals surface area contributed by atoms with E-state index in [1.165, 1.54) is 32.6 Å². The molecule has 2 aromatic rings. The van der Waals surface area contributed by atoms with Crippen LogP contribution in [0, 0.1) is 0 Å². The number of rotatable bonds is 2. The average Bonchev–Trinajstić information content (AvgIpc) is 3.05. The summed E-state index contributed by atoms with van der Waals surface area (Å²) in [7, 11) is 0. The van der Waals surface area contributed by atoms with Gasteiger partial charge in [0.2, 0.25) is 0 Å². The van der Waals surface area contributed by atoms with Crippen LogP contribution in [0.1, 0.15) is 27.1 Å². The highest BCUT2D eigenvalue weighted by Crippen LogP contribution is 2.24. The Labute approximate surface area is 197 Å². The van der Waals surface area contributed by atoms with Crippen molar-refractivity contribution in [1.29, 1.82) is 0 Å². The molecule has 0 aromatic heterocycles. The van der Waals surface area contributed by atoms with Crippen molar-refractivity contribution in [2.75, 3.05) is 78.5 Å². The van der Waals surface area contributed by atoms with Crippen LogP contribution in [0.15, 0.2) is 60.7 Å². The average molecular weight is 449 g/mol. The van der Waals surface area contributed by atoms with E-state index in [4.69, 9.17) is 0 Å². The zero-order chi connectivity index (χ0) is 22.7. The third-order valence-electron chi connectivity index (χ3n) is 8.31. The third kappa shape index (κ3) is 4.68. The van der Waals surface area contributed by atoms with Gasteiger partial charge < -0.3 is 18.8 Å². The summed E-state index contributed by atoms with van der Waals surface area (Å²) < 4.78 is 2.32. The number of carbonyl (C=O) groups is 2. The monoisotopic (exact) mass is 448 g/mol. The molecule has 0 unspecified atom stereocenters. The molecule has 2 aromatic carbocycles. The zero-order valence-electron chi connectivity index (χ0n) is 19.6. The van der Waals surface area contributed by atoms with Crippen LogP contribution in [0.5, 0.6) is 0 Å². The molecule has 2 spiro atoms. The first-order chi connectivity index (χ1) is 16.1. The first-order valence-electron chi connectivity index (χ1n) is 12.5. The molecule has 0 radical (unpaired) electrons. The lowest BCUT2D eigenvalue weighted by atomic mass is 10.1. The topological polar surface area (TPSA) is 40.6 Å². The molecule has 2 amide bonds. The van der Waals surface area contributed by atoms with Gasteiger partial charge in [-0.15, -0.1) is 0 Å². The molecule has 0 atom stereocenters. The van der Waals surface area contributed by atoms with Crippen molar-refractivity contribution in [3.05, 3.63) is 71.8 Å². The summed E-state index contributed by atoms with van der Waals surface area (Å²) in [5.74, 6) is 0.344. The minimum atomic E-state index is 0.172. The molecule has 6 nitrogen and oxygen atoms in total. The summed E-state index contributed by atoms with van der Waals surface area (Å²) in [4.78, 5) is 29.8. The Morgan fingerprint density at radius 3 is 1.24 bits per heavy atom. The number of amides is 2. The first kappa shape index (κ1) is 22.1. The highest BCUT2D eigenvalue weighted by atomic mass is 16.2. The van der Waals surface area contributed by atoms with E-state index in [0.717, 1.165) is 72.5 Å². The Morgan fingerprint density at radius 2 is 0.879 bits per heavy atom. The van der Waals surface area contributed by atoms with Crippen LogP contribution in [0.2, 0.25) is 0 Å². The van der Waals surface area contributed by atoms with Gasteiger partial charge in [0.15, 0.2) is 0 Å². The Hall–Kier alpha value is -2.70. The van der Waals surface area contributed by atoms with Gasteiger partial charge in [0, 0.05) is 17.5 Å². The third-order valence-corrected chi connectivity index (χ3v) is 8.31. The maximum Gasteiger partial charge on any atom is 0.254 e. The molecule has 3 aliphatic heterocycles. The Bertz CT molecular complexity index is 883. The van der Waals surface area contributed by atoms with E-state index >= 15 is 0 Å². The van der Waals surface area contributed by atoms with E-state index in [1.807, 2.05) is 70.5 Å². The van der Waals surface area contributed by atoms with E-state index in [0.29, 0.717) is 0 Å². The lowest BCUT2D eigenvalue weighted by Gasteiger charge is -2.46. The number of benzene rings is 2. The summed E-state index contributed by atoms with van der Waals surface area (Å²) >= 11 is 0. The van der Waals surface area contributed by atoms with Crippen molar-refractivity contribution in [3.8, 4) is 0 Å². The number of piperazine rings is 2. The standard InChI is InChI=1S/C27H36N4O2/c32-26(24-8-3-1-4-9-24)28-12-18-30(19-13-28)16-7-17-31(23-22-30)20-14-29(15-21-31)27(33)25-10-5-2-6-11-25/h1-6,8-11H,7,12-23H2/q+2. The van der Waals surface area contributed by atoms with Crippen LogP contribution in [0.25, 0.3) is 0 Å². The molecule has 174 valence electrons. The second kappa shape index (κ2) is 9.27. The highest BCUT2D eigenvalue weighted by Gasteiger charge is 2.43. The lowest BCUT2D eigenvalue weighted by molar-refractivity contribution is -0.966. The fraction of sp³-hybridized carbons (Fsp3) is 0.481. The minimum Gasteiger partial charge on any atom is -0.327 e. The highest BCUT2D eigenvalue weighted by molar-refractivity contribution is 5.94. The van der Waals surface area contributed by atoms with Crippen LogP contribution in [0.4, 0.5) is 0 Å². The van der Waals surface area contributed by atoms with Crippen molar-refractivity contribution < 1.29 is 18.6 Å². The Morgan fingerprint density at radius 1 is 0.515 bits per heavy atom. The van der Waals surface area contributed by atoms with Crippen molar-refractivity contribution in [2.45, 2.75) is 6.42 Å². The largest absolute Gasteiger partial charge is 0.327 e. The van der Waals surface area contributed by atoms with Crippen molar-refractivity contribution >= 4 is 11.8 Å². The van der Waals surface area contributed by atoms with Crippen LogP contribution in [-0.2, 0) is 0 Å². The molecular formula is C27H36N4O2+2. The van der Waals surface area contributed by atoms with Gasteiger partial charge in [-0.3, -0.25) is 9.59 Å². The van der Waals surface area contributed by atoms with E-state index in [-0.39, 0.29) is 11.8 Å². The fourth-order valence-corrected chi connectivity index (χ4v) is 6.00. The summed E-state index contributed by atoms with van der Waals surface area (Å²) in [5, 5.41) is 0. The van der Waals surface area contributed by atoms with E-state index in [9.17, 15) is 9.59 Å². The molecule has 0 aliphatic carbocycles. The molecule has 0 bridgehead atoms. The lowest BCUT2D eigenvalue weighted by Crippen LogP contribution is -2.64. The normalized spacial score (nSPS) is 22.2. The zero-order valence-corrected chi connectivity index (χ0v) is 19.6. The molecule has 3 fully saturated rings. The van der Waals surface area contributed by atoms with Gasteiger partial charge in [-0.25, -0.2) is 0 Å². The van der Waals surface area contributed by atoms with Crippen molar-refractivity contribution in [2.24, 2.45) is 0 Å². The van der Waals surface area contributed by atoms with Gasteiger partial charge in [0.1, 0.15) is 13.1 Å². The van der Waals surface area contributed by atoms with Gasteiger partial charge in [0.25, 0.3) is 11.8 Å². The summed E-state index contributed by atoms with van der Waals surface area (Å²) in [6.07, 6.45) is 1.24. The van der Waals surface area contributed by atoms with Gasteiger partial charge in [-0.05, 0) is 24.3 Å². The molecule has 0 N–H and O–H groups in total. The van der Waals surface area contributed by atoms with Crippen LogP contribution in [0.3, 0.4) is 0 Å². The maximum absolute atomic E-state index is 12.9. The van der Waals surface area contributed by atoms with Gasteiger partial charge in [-0.1, -0.05) is 36.4 Å². The molecule has 0 saturated carbocycles. The van der Waals surface area contributed by atoms with Gasteiger partial charge in [0.05, 0.1) is 65.4 Å². The molecule has 3 heterocycles. The van der Waals surface area contributed by atoms with Gasteiger partial charge >= 0.3 is 0 Å². The minimum absolute atomic E-state index is 0.172. The van der Waals surface area contributed by atoms with E-state index in [1.54, 1.807) is 0 Å². The van der Waals surface area contributed by atoms with E-state index < -0.39 is 0 Å². The first-order valence-corrected chi connectivity index (χ1v) is 12.5. The van der Waals surface area contributed by atoms with Crippen LogP contribution < -0.4 is 0 Å². The van der Waals surface area contributed by atoms with Crippen molar-refractivity contribution in [1.82, 2.24) is 9.80 Å². The molecule has 5 rings (SSSR count). The molecule has 33 heavy (non-hydrogen) atoms. The SMILES string of the molecule is O=C(c1ccccc1)N1CC[N+]2(CCC[N+]3(CCN(C(=O)c4ccccc4)CC3)CC2)CC1. The van der Waals surface area contributed by atoms with Crippen molar-refractivity contribution in [3.63, 3.8) is 0 Å². The number of carbonyl (C=O) groups excluding carboxylic acids is 2. The van der Waals surface area contributed by atoms with Crippen LogP contribution >= 0.6 is 0 Å². The maximum atomic E-state index is 12.9. The molecule has 3 saturated heterocycles. The van der Waals surface area contributed by atoms with Gasteiger partial charge in [-0.2, -0.15) is 0 Å². The quantitative estimate of drug-likeness (QED) is 0.662. The predicted octanol–water partition coefficient (Wildman–Crippen LogP) is 2.34. The summed E-state index contributed by atoms with van der Waals surface area (Å²) in [6.45, 7) is 12.5. The molecule has 6 heteroatoms. The number of quaternary nitrogens is 2. The Kier molecular flexibility index (Phi) is 6.21. The smallest absolute Gasteiger partial charge is 0.254 e. The van der Waals surface area contributed by atoms with Crippen LogP contribution in [-0.4, -0.2) is 109 Å². The second-order valence-corrected chi connectivity index (χ2v) is 10.1. The summed E-state index contributed by atoms with van der Waals surface area (Å²) in [5.41, 5.74) is 1.60. The summed E-state index contributed by atoms with van der Waals surface area (Å²) in [6, 6.07) is 19.4. The fourth-order valence-electron chi connectivity index (χ4n) is 6.00. The molecular weight excluding hydrogens is 412 g/mol. The molecule has 3 aliphatic rings. The second-order valence-electron chi connectivity index (χ2n) is 10.1.